The lowest BCUT2D eigenvalue weighted by atomic mass is 10.3. The summed E-state index contributed by atoms with van der Waals surface area (Å²) in [5.41, 5.74) is 0.731. The van der Waals surface area contributed by atoms with Crippen LogP contribution in [0.2, 0.25) is 5.02 Å². The number of benzene rings is 1. The van der Waals surface area contributed by atoms with Crippen LogP contribution < -0.4 is 4.57 Å². The predicted molar refractivity (Wildman–Crippen MR) is 103 cm³/mol. The molecule has 0 saturated heterocycles. The van der Waals surface area contributed by atoms with Crippen molar-refractivity contribution in [3.63, 3.8) is 0 Å². The first-order chi connectivity index (χ1) is 11.8. The van der Waals surface area contributed by atoms with Gasteiger partial charge in [0.2, 0.25) is 10.5 Å². The van der Waals surface area contributed by atoms with Crippen LogP contribution in [0.3, 0.4) is 0 Å². The van der Waals surface area contributed by atoms with E-state index in [1.807, 2.05) is 34.1 Å². The second kappa shape index (κ2) is 8.62. The molecule has 0 aliphatic carbocycles. The molecule has 0 amide bonds. The van der Waals surface area contributed by atoms with Crippen molar-refractivity contribution in [1.29, 1.82) is 0 Å². The second-order valence-corrected chi connectivity index (χ2v) is 10.1. The summed E-state index contributed by atoms with van der Waals surface area (Å²) < 4.78 is 35.3. The molecule has 0 radical (unpaired) electrons. The summed E-state index contributed by atoms with van der Waals surface area (Å²) in [4.78, 5) is 10.00. The highest BCUT2D eigenvalue weighted by Gasteiger charge is 2.35. The Balaban J connectivity index is 0.000000359. The van der Waals surface area contributed by atoms with Gasteiger partial charge in [-0.3, -0.25) is 4.55 Å². The molecule has 7 nitrogen and oxygen atoms in total. The summed E-state index contributed by atoms with van der Waals surface area (Å²) in [7, 11) is 1.39. The van der Waals surface area contributed by atoms with Gasteiger partial charge in [0.25, 0.3) is 5.37 Å². The van der Waals surface area contributed by atoms with Crippen molar-refractivity contribution < 1.29 is 31.9 Å². The van der Waals surface area contributed by atoms with E-state index in [9.17, 15) is 17.8 Å². The number of carbonyl (C=O) groups is 1. The number of thiazole rings is 1. The van der Waals surface area contributed by atoms with Crippen molar-refractivity contribution in [2.24, 2.45) is 0 Å². The third-order valence-electron chi connectivity index (χ3n) is 3.37. The van der Waals surface area contributed by atoms with Crippen LogP contribution in [0, 0.1) is 6.92 Å². The van der Waals surface area contributed by atoms with E-state index in [4.69, 9.17) is 16.7 Å². The topological polar surface area (TPSA) is 95.5 Å². The van der Waals surface area contributed by atoms with Gasteiger partial charge < -0.3 is 9.59 Å². The molecular weight excluding hydrogens is 400 g/mol. The Morgan fingerprint density at radius 3 is 2.31 bits per heavy atom. The first-order valence-electron chi connectivity index (χ1n) is 7.85. The average Bonchev–Trinajstić information content (AvgIpc) is 2.72. The third kappa shape index (κ3) is 6.48. The van der Waals surface area contributed by atoms with E-state index in [-0.39, 0.29) is 6.54 Å². The van der Waals surface area contributed by atoms with Crippen LogP contribution in [0.4, 0.5) is 0 Å². The molecule has 0 aliphatic rings. The van der Waals surface area contributed by atoms with E-state index < -0.39 is 21.5 Å². The number of halogens is 1. The minimum atomic E-state index is -4.14. The SMILES string of the molecule is CCC([n+]1c(C)sc2ccc(Cl)cc21)S(=O)(=O)O.C[N+](C)(C)CC(=O)O. The van der Waals surface area contributed by atoms with E-state index in [1.165, 1.54) is 11.3 Å². The third-order valence-corrected chi connectivity index (χ3v) is 5.89. The van der Waals surface area contributed by atoms with Crippen molar-refractivity contribution in [3.8, 4) is 0 Å². The van der Waals surface area contributed by atoms with Gasteiger partial charge in [-0.05, 0) is 12.1 Å². The number of carboxylic acid groups (broad SMARTS) is 1. The van der Waals surface area contributed by atoms with Crippen molar-refractivity contribution in [2.45, 2.75) is 25.6 Å². The van der Waals surface area contributed by atoms with Crippen molar-refractivity contribution >= 4 is 49.2 Å². The largest absolute Gasteiger partial charge is 0.477 e. The molecule has 1 aromatic carbocycles. The molecule has 1 heterocycles. The molecule has 10 heteroatoms. The monoisotopic (exact) mass is 424 g/mol. The van der Waals surface area contributed by atoms with Crippen molar-refractivity contribution in [1.82, 2.24) is 0 Å². The van der Waals surface area contributed by atoms with Crippen molar-refractivity contribution in [2.75, 3.05) is 27.7 Å². The maximum absolute atomic E-state index is 11.4. The quantitative estimate of drug-likeness (QED) is 0.437. The van der Waals surface area contributed by atoms with Gasteiger partial charge in [-0.2, -0.15) is 13.0 Å². The highest BCUT2D eigenvalue weighted by molar-refractivity contribution is 7.85. The summed E-state index contributed by atoms with van der Waals surface area (Å²) in [6.45, 7) is 3.73. The maximum Gasteiger partial charge on any atom is 0.359 e. The fraction of sp³-hybridized carbons (Fsp3) is 0.500. The number of aryl methyl sites for hydroxylation is 1. The second-order valence-electron chi connectivity index (χ2n) is 6.82. The molecule has 26 heavy (non-hydrogen) atoms. The number of fused-ring (bicyclic) bond motifs is 1. The van der Waals surface area contributed by atoms with Gasteiger partial charge in [-0.1, -0.05) is 29.9 Å². The lowest BCUT2D eigenvalue weighted by Gasteiger charge is -2.20. The lowest BCUT2D eigenvalue weighted by Crippen LogP contribution is -2.44. The number of carboxylic acids is 1. The molecule has 1 atom stereocenters. The summed E-state index contributed by atoms with van der Waals surface area (Å²) >= 11 is 7.42. The molecule has 2 aromatic rings. The smallest absolute Gasteiger partial charge is 0.359 e. The van der Waals surface area contributed by atoms with Crippen molar-refractivity contribution in [3.05, 3.63) is 28.2 Å². The van der Waals surface area contributed by atoms with Gasteiger partial charge in [-0.25, -0.2) is 4.79 Å². The Bertz CT molecular complexity index is 888. The van der Waals surface area contributed by atoms with Crippen LogP contribution in [0.5, 0.6) is 0 Å². The van der Waals surface area contributed by atoms with Crippen LogP contribution >= 0.6 is 22.9 Å². The molecule has 0 fully saturated rings. The van der Waals surface area contributed by atoms with Gasteiger partial charge in [0, 0.05) is 24.4 Å². The number of rotatable bonds is 5. The summed E-state index contributed by atoms with van der Waals surface area (Å²) in [6, 6.07) is 5.33. The Morgan fingerprint density at radius 1 is 1.35 bits per heavy atom. The molecule has 2 N–H and O–H groups in total. The average molecular weight is 425 g/mol. The number of aromatic nitrogens is 1. The zero-order valence-corrected chi connectivity index (χ0v) is 17.8. The van der Waals surface area contributed by atoms with Gasteiger partial charge in [0.05, 0.1) is 21.1 Å². The standard InChI is InChI=1S/C11H12ClNO3S2.C5H11NO2/c1-3-11(18(14,15)16)13-7(2)17-10-5-4-8(12)6-9(10)13;1-6(2,3)4-5(7)8/h4-6,11H,3H2,1-2H3;4H2,1-3H3/p+2. The zero-order valence-electron chi connectivity index (χ0n) is 15.4. The molecule has 0 bridgehead atoms. The Hall–Kier alpha value is -1.26. The number of hydrogen-bond donors (Lipinski definition) is 2. The number of nitrogens with zero attached hydrogens (tertiary/aromatic N) is 2. The minimum Gasteiger partial charge on any atom is -0.477 e. The first-order valence-corrected chi connectivity index (χ1v) is 10.5. The molecule has 146 valence electrons. The van der Waals surface area contributed by atoms with Gasteiger partial charge in [0.15, 0.2) is 6.54 Å². The molecule has 0 spiro atoms. The van der Waals surface area contributed by atoms with Crippen LogP contribution in [-0.2, 0) is 14.9 Å². The molecule has 1 unspecified atom stereocenters. The molecule has 1 aromatic heterocycles. The van der Waals surface area contributed by atoms with Gasteiger partial charge >= 0.3 is 16.1 Å². The van der Waals surface area contributed by atoms with E-state index in [0.29, 0.717) is 15.9 Å². The first kappa shape index (κ1) is 22.8. The highest BCUT2D eigenvalue weighted by Crippen LogP contribution is 2.26. The summed E-state index contributed by atoms with van der Waals surface area (Å²) in [5.74, 6) is -0.752. The van der Waals surface area contributed by atoms with Gasteiger partial charge in [-0.15, -0.1) is 0 Å². The summed E-state index contributed by atoms with van der Waals surface area (Å²) in [6.07, 6.45) is 0.294. The Kier molecular flexibility index (Phi) is 7.55. The minimum absolute atomic E-state index is 0.181. The number of likely N-dealkylation sites (N-methyl/N-ethyl adjacent to an activating group) is 1. The molecule has 2 rings (SSSR count). The molecule has 0 aliphatic heterocycles. The fourth-order valence-electron chi connectivity index (χ4n) is 2.43. The van der Waals surface area contributed by atoms with E-state index >= 15 is 0 Å². The molecular formula is C16H25ClN2O5S2+2. The highest BCUT2D eigenvalue weighted by atomic mass is 35.5. The summed E-state index contributed by atoms with van der Waals surface area (Å²) in [5, 5.41) is 8.62. The normalized spacial score (nSPS) is 13.2. The number of aliphatic carboxylic acids is 1. The fourth-order valence-corrected chi connectivity index (χ4v) is 4.67. The Morgan fingerprint density at radius 2 is 1.92 bits per heavy atom. The van der Waals surface area contributed by atoms with Crippen LogP contribution in [0.25, 0.3) is 10.2 Å². The van der Waals surface area contributed by atoms with Gasteiger partial charge in [0.1, 0.15) is 4.70 Å². The lowest BCUT2D eigenvalue weighted by molar-refractivity contribution is -0.862. The van der Waals surface area contributed by atoms with E-state index in [2.05, 4.69) is 0 Å². The van der Waals surface area contributed by atoms with E-state index in [1.54, 1.807) is 23.6 Å². The van der Waals surface area contributed by atoms with Crippen LogP contribution in [0.1, 0.15) is 23.7 Å². The molecule has 0 saturated carbocycles. The predicted octanol–water partition coefficient (Wildman–Crippen LogP) is 2.72. The number of hydrogen-bond acceptors (Lipinski definition) is 4. The van der Waals surface area contributed by atoms with Crippen LogP contribution in [-0.4, -0.2) is 56.2 Å². The van der Waals surface area contributed by atoms with Crippen LogP contribution in [0.15, 0.2) is 18.2 Å². The zero-order chi connectivity index (χ0) is 20.3. The maximum atomic E-state index is 11.4. The number of quaternary nitrogens is 1. The Labute approximate surface area is 162 Å². The van der Waals surface area contributed by atoms with E-state index in [0.717, 1.165) is 15.2 Å².